The number of rotatable bonds is 6. The van der Waals surface area contributed by atoms with Crippen molar-refractivity contribution in [1.82, 2.24) is 41.1 Å². The lowest BCUT2D eigenvalue weighted by Crippen LogP contribution is -2.60. The number of hydrogen-bond acceptors (Lipinski definition) is 10. The van der Waals surface area contributed by atoms with Crippen molar-refractivity contribution < 1.29 is 71.7 Å². The Morgan fingerprint density at radius 1 is 0.532 bits per heavy atom. The monoisotopic (exact) mass is 1820 g/mol. The lowest BCUT2D eigenvalue weighted by atomic mass is 9.52. The van der Waals surface area contributed by atoms with E-state index in [4.69, 9.17) is 39.9 Å². The number of aromatic nitrogens is 7. The number of alkyl halides is 12. The number of terminal acetylenes is 4. The van der Waals surface area contributed by atoms with Crippen LogP contribution in [-0.4, -0.2) is 119 Å². The number of H-pyrrole nitrogens is 2. The number of nitrogens with zero attached hydrogens (tertiary/aromatic N) is 5. The number of methoxy groups -OCH3 is 1. The van der Waals surface area contributed by atoms with Crippen LogP contribution < -0.4 is 5.32 Å². The SMILES string of the molecule is C#CC(C)(C)C(C)(C)C.C#CC1(C(C)(C)C)CC(F)(F)C1.C#CC1(C(C)(C)C)CC1.C#CCC(C)(C)C.CC(C)(C)C1(C)COC1.CC(C)(C)C1(c2cn[nH]n2)CC(F)(F)C1.CC(C)(C)c1nccs1.CC(C)C(C)(C)c1cn[nH]n1.CNC(=O)C1(C(C)(C)C)CC(F)(F)C1.COCC1(C(C)(C)C)COC1.C[C@@H](C(C)(C)C)C(F)(F)F.C[C@H](C(C)(C)C)C(F)(F)F. The molecule has 0 radical (unpaired) electrons. The lowest BCUT2D eigenvalue weighted by Gasteiger charge is -2.54. The summed E-state index contributed by atoms with van der Waals surface area (Å²) in [5.41, 5.74) is 0.292. The molecule has 12 nitrogen and oxygen atoms in total. The second-order valence-corrected chi connectivity index (χ2v) is 49.9. The Kier molecular flexibility index (Phi) is 44.5. The molecule has 2 atom stereocenters. The fraction of sp³-hybridized carbons (Fsp3) is 0.842. The summed E-state index contributed by atoms with van der Waals surface area (Å²) < 4.78 is 165. The minimum absolute atomic E-state index is 0.00694. The van der Waals surface area contributed by atoms with E-state index < -0.39 is 74.4 Å². The molecule has 0 unspecified atom stereocenters. The minimum Gasteiger partial charge on any atom is -0.384 e. The maximum atomic E-state index is 13.1. The molecule has 4 saturated carbocycles. The molecule has 3 N–H and O–H groups in total. The zero-order valence-corrected chi connectivity index (χ0v) is 87.4. The first-order valence-electron chi connectivity index (χ1n) is 44.1. The average Bonchev–Trinajstić information content (AvgIpc) is 0.856. The quantitative estimate of drug-likeness (QED) is 0.162. The predicted molar refractivity (Wildman–Crippen MR) is 499 cm³/mol. The minimum atomic E-state index is -4.06. The van der Waals surface area contributed by atoms with E-state index in [-0.39, 0.29) is 87.8 Å². The summed E-state index contributed by atoms with van der Waals surface area (Å²) in [5, 5.41) is 26.4. The molecule has 25 heteroatoms. The lowest BCUT2D eigenvalue weighted by molar-refractivity contribution is -0.204. The van der Waals surface area contributed by atoms with E-state index in [1.807, 2.05) is 73.9 Å². The number of hydrogen-bond donors (Lipinski definition) is 3. The van der Waals surface area contributed by atoms with Gasteiger partial charge in [0.25, 0.3) is 5.92 Å². The number of ether oxygens (including phenoxy) is 3. The third kappa shape index (κ3) is 37.7. The van der Waals surface area contributed by atoms with Gasteiger partial charge in [-0.2, -0.15) is 57.2 Å². The smallest absolute Gasteiger partial charge is 0.384 e. The van der Waals surface area contributed by atoms with E-state index in [9.17, 15) is 57.5 Å². The molecule has 3 aromatic heterocycles. The number of halogens is 12. The van der Waals surface area contributed by atoms with E-state index in [0.29, 0.717) is 38.7 Å². The largest absolute Gasteiger partial charge is 0.392 e. The van der Waals surface area contributed by atoms with Crippen molar-refractivity contribution in [3.8, 4) is 49.4 Å². The van der Waals surface area contributed by atoms with Gasteiger partial charge in [-0.3, -0.25) is 4.79 Å². The van der Waals surface area contributed by atoms with Crippen LogP contribution in [0.1, 0.15) is 365 Å². The highest BCUT2D eigenvalue weighted by atomic mass is 32.1. The van der Waals surface area contributed by atoms with Crippen molar-refractivity contribution in [2.75, 3.05) is 47.2 Å². The van der Waals surface area contributed by atoms with Crippen molar-refractivity contribution in [3.05, 3.63) is 40.4 Å². The molecule has 2 saturated heterocycles. The van der Waals surface area contributed by atoms with Crippen molar-refractivity contribution in [3.63, 3.8) is 0 Å². The summed E-state index contributed by atoms with van der Waals surface area (Å²) in [4.78, 5) is 15.8. The highest BCUT2D eigenvalue weighted by Gasteiger charge is 2.66. The number of nitrogens with one attached hydrogen (secondary N) is 3. The van der Waals surface area contributed by atoms with Gasteiger partial charge in [-0.1, -0.05) is 295 Å². The standard InChI is InChI=1S/C10H15F2N3.C10H17F2NO.C10H14F2.C9H18O2.C9H14.C9H16.C8H15N3.C8H16O.2C7H13F3.C7H11NS.C7H12/c1-8(2,3)9(5-10(11,12)6-9)7-4-13-15-14-7;1-8(2,3)9(7(14)13-4)5-10(11,12)6-9;1-5-9(8(2,3)4)6-10(11,12)7-9;1-8(2,3)9(5-10-4)6-11-7-9;1-5-9(6-7-9)8(2,3)4;1-7-9(5,6)8(2,3)4;1-6(2)8(3,4)7-5-9-11-10-7;1-7(2,3)8(4)5-9-6-8;2*1-5(6(2,3)4)7(8,9)10;1-7(2,3)6-8-4-5-9-6;1-5-6-7(2,3)4/h4H,5-6H2,1-3H3,(H,13,14,15);5-6H2,1-4H3,(H,13,14);1H,6-7H2,2-4H3;5-7H2,1-4H3;1H,6-7H2,2-4H3;1H,2-6H3;5-6H,1-4H3,(H,9,10,11);5-6H2,1-4H3;2*5H,1-4H3;4-5H,1-3H3;1H,6H2,2-4H3/t;;;;;;;;2*5-;;/m........10../s1. The molecule has 1 amide bonds. The number of carbonyl (C=O) groups is 1. The molecular formula is C101H174F12N8O4S. The summed E-state index contributed by atoms with van der Waals surface area (Å²) in [6, 6.07) is 0. The Morgan fingerprint density at radius 3 is 1.05 bits per heavy atom. The maximum Gasteiger partial charge on any atom is 0.392 e. The fourth-order valence-corrected chi connectivity index (χ4v) is 13.2. The first-order chi connectivity index (χ1) is 55.5. The van der Waals surface area contributed by atoms with Crippen LogP contribution in [0.3, 0.4) is 0 Å². The molecule has 5 heterocycles. The van der Waals surface area contributed by atoms with Crippen molar-refractivity contribution in [2.24, 2.45) is 104 Å². The second kappa shape index (κ2) is 44.9. The van der Waals surface area contributed by atoms with Gasteiger partial charge in [0.2, 0.25) is 17.8 Å². The number of aromatic amines is 2. The highest BCUT2D eigenvalue weighted by Crippen LogP contribution is 2.64. The van der Waals surface area contributed by atoms with Crippen LogP contribution in [0.25, 0.3) is 0 Å². The van der Waals surface area contributed by atoms with Gasteiger partial charge < -0.3 is 19.5 Å². The summed E-state index contributed by atoms with van der Waals surface area (Å²) in [6.07, 6.45) is 20.3. The van der Waals surface area contributed by atoms with Crippen LogP contribution in [-0.2, 0) is 35.3 Å². The number of carbonyl (C=O) groups excluding carboxylic acids is 1. The van der Waals surface area contributed by atoms with Crippen LogP contribution >= 0.6 is 11.3 Å². The van der Waals surface area contributed by atoms with Gasteiger partial charge in [-0.25, -0.2) is 31.3 Å². The van der Waals surface area contributed by atoms with Crippen LogP contribution in [0.4, 0.5) is 52.7 Å². The summed E-state index contributed by atoms with van der Waals surface area (Å²) in [7, 11) is 3.25. The van der Waals surface area contributed by atoms with E-state index in [0.717, 1.165) is 45.1 Å². The fourth-order valence-electron chi connectivity index (χ4n) is 12.5. The third-order valence-corrected chi connectivity index (χ3v) is 28.6. The summed E-state index contributed by atoms with van der Waals surface area (Å²) >= 11 is 1.72. The Bertz CT molecular complexity index is 3710. The highest BCUT2D eigenvalue weighted by molar-refractivity contribution is 7.09. The van der Waals surface area contributed by atoms with Gasteiger partial charge in [0.1, 0.15) is 0 Å². The molecule has 732 valence electrons. The maximum absolute atomic E-state index is 13.1. The Balaban J connectivity index is -0.00000132. The van der Waals surface area contributed by atoms with Gasteiger partial charge in [-0.05, 0) is 86.8 Å². The number of thiazole rings is 1. The molecule has 2 aliphatic heterocycles. The molecule has 6 aliphatic rings. The van der Waals surface area contributed by atoms with Gasteiger partial charge in [-0.15, -0.1) is 43.0 Å². The third-order valence-electron chi connectivity index (χ3n) is 27.4. The topological polar surface area (TPSA) is 153 Å². The van der Waals surface area contributed by atoms with Gasteiger partial charge in [0, 0.05) is 114 Å². The zero-order valence-electron chi connectivity index (χ0n) is 86.6. The first-order valence-corrected chi connectivity index (χ1v) is 45.0. The normalized spacial score (nSPS) is 19.5. The van der Waals surface area contributed by atoms with Gasteiger partial charge in [0.05, 0.1) is 79.1 Å². The van der Waals surface area contributed by atoms with E-state index in [1.54, 1.807) is 72.4 Å². The molecule has 9 rings (SSSR count). The molecule has 126 heavy (non-hydrogen) atoms. The van der Waals surface area contributed by atoms with E-state index >= 15 is 0 Å². The van der Waals surface area contributed by atoms with E-state index in [2.05, 4.69) is 238 Å². The Labute approximate surface area is 762 Å². The van der Waals surface area contributed by atoms with Crippen LogP contribution in [0.15, 0.2) is 24.0 Å². The zero-order chi connectivity index (χ0) is 101. The van der Waals surface area contributed by atoms with Gasteiger partial charge in [0.15, 0.2) is 0 Å². The molecule has 6 fully saturated rings. The van der Waals surface area contributed by atoms with Crippen LogP contribution in [0.2, 0.25) is 0 Å². The molecule has 0 bridgehead atoms. The molecule has 0 spiro atoms. The van der Waals surface area contributed by atoms with Crippen LogP contribution in [0.5, 0.6) is 0 Å². The Morgan fingerprint density at radius 2 is 0.921 bits per heavy atom. The number of amides is 1. The van der Waals surface area contributed by atoms with Crippen LogP contribution in [0, 0.1) is 154 Å². The summed E-state index contributed by atoms with van der Waals surface area (Å²) in [6.45, 7) is 88.3. The average molecular weight is 1820 g/mol. The van der Waals surface area contributed by atoms with Crippen molar-refractivity contribution in [2.45, 2.75) is 395 Å². The van der Waals surface area contributed by atoms with Crippen molar-refractivity contribution in [1.29, 1.82) is 0 Å². The predicted octanol–water partition coefficient (Wildman–Crippen LogP) is 29.4. The molecule has 4 aliphatic carbocycles. The van der Waals surface area contributed by atoms with E-state index in [1.165, 1.54) is 38.7 Å². The molecule has 3 aromatic rings. The first kappa shape index (κ1) is 125. The van der Waals surface area contributed by atoms with Gasteiger partial charge >= 0.3 is 12.4 Å². The van der Waals surface area contributed by atoms with Crippen molar-refractivity contribution >= 4 is 17.2 Å². The summed E-state index contributed by atoms with van der Waals surface area (Å²) in [5.74, 6) is 0.904. The molecular weight excluding hydrogens is 1650 g/mol. The second-order valence-electron chi connectivity index (χ2n) is 49.0. The molecule has 0 aromatic carbocycles. The Hall–Kier alpha value is -5.34.